The van der Waals surface area contributed by atoms with Crippen LogP contribution >= 0.6 is 57.7 Å². The number of amides is 1. The van der Waals surface area contributed by atoms with Crippen molar-refractivity contribution in [3.63, 3.8) is 0 Å². The quantitative estimate of drug-likeness (QED) is 0.459. The molecule has 0 saturated heterocycles. The van der Waals surface area contributed by atoms with Crippen molar-refractivity contribution in [1.82, 2.24) is 14.9 Å². The van der Waals surface area contributed by atoms with Crippen LogP contribution in [0.25, 0.3) is 0 Å². The van der Waals surface area contributed by atoms with Crippen molar-refractivity contribution in [1.29, 1.82) is 0 Å². The largest absolute Gasteiger partial charge is 0.296 e. The SMILES string of the molecule is O=C(Nc1nnc(S(=O)(=O)NCc2ccc(Cl)cc2Cl)s1)c1ccc(Cl)cc1Cl. The van der Waals surface area contributed by atoms with Gasteiger partial charge in [0.05, 0.1) is 10.6 Å². The lowest BCUT2D eigenvalue weighted by atomic mass is 10.2. The maximum Gasteiger partial charge on any atom is 0.270 e. The average Bonchev–Trinajstić information content (AvgIpc) is 3.10. The smallest absolute Gasteiger partial charge is 0.270 e. The van der Waals surface area contributed by atoms with Crippen LogP contribution in [0.4, 0.5) is 5.13 Å². The zero-order valence-corrected chi connectivity index (χ0v) is 18.8. The van der Waals surface area contributed by atoms with Gasteiger partial charge in [-0.25, -0.2) is 13.1 Å². The van der Waals surface area contributed by atoms with Gasteiger partial charge in [0.2, 0.25) is 9.47 Å². The number of carbonyl (C=O) groups excluding carboxylic acids is 1. The summed E-state index contributed by atoms with van der Waals surface area (Å²) in [6.45, 7) is -0.0695. The molecule has 13 heteroatoms. The maximum absolute atomic E-state index is 12.4. The molecule has 0 radical (unpaired) electrons. The monoisotopic (exact) mass is 510 g/mol. The Balaban J connectivity index is 1.70. The van der Waals surface area contributed by atoms with Gasteiger partial charge in [-0.05, 0) is 35.9 Å². The van der Waals surface area contributed by atoms with Crippen LogP contribution in [0.3, 0.4) is 0 Å². The normalized spacial score (nSPS) is 11.4. The fraction of sp³-hybridized carbons (Fsp3) is 0.0625. The number of hydrogen-bond acceptors (Lipinski definition) is 6. The second-order valence-corrected chi connectivity index (χ2v) is 10.1. The van der Waals surface area contributed by atoms with Crippen LogP contribution in [0, 0.1) is 0 Å². The third-order valence-corrected chi connectivity index (χ3v) is 7.24. The third-order valence-electron chi connectivity index (χ3n) is 3.50. The number of benzene rings is 2. The first kappa shape index (κ1) is 22.2. The summed E-state index contributed by atoms with van der Waals surface area (Å²) < 4.78 is 26.9. The molecular formula is C16H10Cl4N4O3S2. The van der Waals surface area contributed by atoms with E-state index in [4.69, 9.17) is 46.4 Å². The van der Waals surface area contributed by atoms with Gasteiger partial charge in [0.15, 0.2) is 0 Å². The summed E-state index contributed by atoms with van der Waals surface area (Å²) in [5.74, 6) is -0.576. The first-order valence-electron chi connectivity index (χ1n) is 7.69. The first-order chi connectivity index (χ1) is 13.7. The number of rotatable bonds is 6. The van der Waals surface area contributed by atoms with E-state index in [1.54, 1.807) is 12.1 Å². The lowest BCUT2D eigenvalue weighted by Crippen LogP contribution is -2.23. The van der Waals surface area contributed by atoms with Crippen LogP contribution in [-0.4, -0.2) is 24.5 Å². The van der Waals surface area contributed by atoms with Gasteiger partial charge in [-0.3, -0.25) is 10.1 Å². The summed E-state index contributed by atoms with van der Waals surface area (Å²) in [6, 6.07) is 9.07. The number of carbonyl (C=O) groups is 1. The van der Waals surface area contributed by atoms with Gasteiger partial charge in [0.25, 0.3) is 15.9 Å². The van der Waals surface area contributed by atoms with Crippen molar-refractivity contribution in [3.05, 3.63) is 67.6 Å². The van der Waals surface area contributed by atoms with Crippen molar-refractivity contribution >= 4 is 78.8 Å². The summed E-state index contributed by atoms with van der Waals surface area (Å²) in [4.78, 5) is 12.3. The molecule has 0 spiro atoms. The minimum atomic E-state index is -3.97. The maximum atomic E-state index is 12.4. The molecule has 0 saturated carbocycles. The molecule has 0 aliphatic rings. The van der Waals surface area contributed by atoms with Crippen LogP contribution < -0.4 is 10.0 Å². The first-order valence-corrected chi connectivity index (χ1v) is 11.5. The predicted molar refractivity (Wildman–Crippen MR) is 115 cm³/mol. The van der Waals surface area contributed by atoms with Crippen molar-refractivity contribution in [2.45, 2.75) is 10.9 Å². The Bertz CT molecular complexity index is 1180. The molecule has 2 aromatic carbocycles. The number of nitrogens with one attached hydrogen (secondary N) is 2. The molecular weight excluding hydrogens is 502 g/mol. The number of halogens is 4. The highest BCUT2D eigenvalue weighted by atomic mass is 35.5. The van der Waals surface area contributed by atoms with Gasteiger partial charge >= 0.3 is 0 Å². The summed E-state index contributed by atoms with van der Waals surface area (Å²) in [7, 11) is -3.97. The van der Waals surface area contributed by atoms with E-state index in [0.717, 1.165) is 0 Å². The number of aromatic nitrogens is 2. The van der Waals surface area contributed by atoms with E-state index in [9.17, 15) is 13.2 Å². The molecule has 0 fully saturated rings. The van der Waals surface area contributed by atoms with E-state index >= 15 is 0 Å². The zero-order chi connectivity index (χ0) is 21.2. The summed E-state index contributed by atoms with van der Waals surface area (Å²) in [5.41, 5.74) is 0.696. The van der Waals surface area contributed by atoms with E-state index in [1.807, 2.05) is 0 Å². The van der Waals surface area contributed by atoms with E-state index in [1.165, 1.54) is 24.3 Å². The Hall–Kier alpha value is -1.46. The second-order valence-electron chi connectivity index (χ2n) is 5.51. The van der Waals surface area contributed by atoms with Crippen LogP contribution in [0.5, 0.6) is 0 Å². The predicted octanol–water partition coefficient (Wildman–Crippen LogP) is 4.88. The van der Waals surface area contributed by atoms with E-state index in [0.29, 0.717) is 32.0 Å². The molecule has 3 rings (SSSR count). The Labute approximate surface area is 190 Å². The molecule has 0 unspecified atom stereocenters. The van der Waals surface area contributed by atoms with Gasteiger partial charge < -0.3 is 0 Å². The Morgan fingerprint density at radius 3 is 2.28 bits per heavy atom. The van der Waals surface area contributed by atoms with Crippen LogP contribution in [-0.2, 0) is 16.6 Å². The van der Waals surface area contributed by atoms with Crippen LogP contribution in [0.1, 0.15) is 15.9 Å². The summed E-state index contributed by atoms with van der Waals surface area (Å²) in [6.07, 6.45) is 0. The minimum absolute atomic E-state index is 0.00841. The van der Waals surface area contributed by atoms with E-state index < -0.39 is 15.9 Å². The number of hydrogen-bond donors (Lipinski definition) is 2. The molecule has 1 heterocycles. The molecule has 7 nitrogen and oxygen atoms in total. The molecule has 0 atom stereocenters. The van der Waals surface area contributed by atoms with Crippen LogP contribution in [0.15, 0.2) is 40.7 Å². The number of nitrogens with zero attached hydrogens (tertiary/aromatic N) is 2. The molecule has 2 N–H and O–H groups in total. The van der Waals surface area contributed by atoms with E-state index in [2.05, 4.69) is 20.2 Å². The topological polar surface area (TPSA) is 101 Å². The van der Waals surface area contributed by atoms with Gasteiger partial charge in [-0.15, -0.1) is 10.2 Å². The molecule has 0 bridgehead atoms. The van der Waals surface area contributed by atoms with Gasteiger partial charge in [-0.2, -0.15) is 0 Å². The van der Waals surface area contributed by atoms with Crippen molar-refractivity contribution in [3.8, 4) is 0 Å². The lowest BCUT2D eigenvalue weighted by Gasteiger charge is -2.06. The molecule has 0 aliphatic heterocycles. The van der Waals surface area contributed by atoms with Gasteiger partial charge in [0, 0.05) is 21.6 Å². The van der Waals surface area contributed by atoms with Crippen LogP contribution in [0.2, 0.25) is 20.1 Å². The molecule has 1 amide bonds. The molecule has 29 heavy (non-hydrogen) atoms. The van der Waals surface area contributed by atoms with Gasteiger partial charge in [-0.1, -0.05) is 63.8 Å². The average molecular weight is 512 g/mol. The van der Waals surface area contributed by atoms with Crippen molar-refractivity contribution < 1.29 is 13.2 Å². The molecule has 3 aromatic rings. The fourth-order valence-corrected chi connectivity index (χ4v) is 5.02. The van der Waals surface area contributed by atoms with E-state index in [-0.39, 0.29) is 26.6 Å². The van der Waals surface area contributed by atoms with Gasteiger partial charge in [0.1, 0.15) is 0 Å². The minimum Gasteiger partial charge on any atom is -0.296 e. The standard InChI is InChI=1S/C16H10Cl4N4O3S2/c17-9-2-1-8(12(19)5-9)7-21-29(26,27)16-24-23-15(28-16)22-14(25)11-4-3-10(18)6-13(11)20/h1-6,21H,7H2,(H,22,23,25). The highest BCUT2D eigenvalue weighted by Gasteiger charge is 2.22. The molecule has 1 aromatic heterocycles. The fourth-order valence-electron chi connectivity index (χ4n) is 2.11. The number of sulfonamides is 1. The highest BCUT2D eigenvalue weighted by Crippen LogP contribution is 2.25. The Kier molecular flexibility index (Phi) is 7.00. The number of anilines is 1. The van der Waals surface area contributed by atoms with Crippen molar-refractivity contribution in [2.24, 2.45) is 0 Å². The zero-order valence-electron chi connectivity index (χ0n) is 14.1. The molecule has 152 valence electrons. The highest BCUT2D eigenvalue weighted by molar-refractivity contribution is 7.91. The summed E-state index contributed by atoms with van der Waals surface area (Å²) in [5, 5.41) is 11.0. The van der Waals surface area contributed by atoms with Crippen molar-refractivity contribution in [2.75, 3.05) is 5.32 Å². The Morgan fingerprint density at radius 2 is 1.62 bits per heavy atom. The lowest BCUT2D eigenvalue weighted by molar-refractivity contribution is 0.102. The second kappa shape index (κ2) is 9.13. The summed E-state index contributed by atoms with van der Waals surface area (Å²) >= 11 is 24.3. The third kappa shape index (κ3) is 5.58. The molecule has 0 aliphatic carbocycles. The Morgan fingerprint density at radius 1 is 0.966 bits per heavy atom.